The number of nitriles is 1. The Bertz CT molecular complexity index is 998. The maximum atomic E-state index is 13.0. The Morgan fingerprint density at radius 1 is 1.11 bits per heavy atom. The van der Waals surface area contributed by atoms with E-state index in [9.17, 15) is 9.18 Å². The van der Waals surface area contributed by atoms with E-state index in [1.807, 2.05) is 24.3 Å². The maximum Gasteiger partial charge on any atom is 0.246 e. The molecule has 134 valence electrons. The van der Waals surface area contributed by atoms with Crippen molar-refractivity contribution in [1.29, 1.82) is 5.26 Å². The van der Waals surface area contributed by atoms with Crippen molar-refractivity contribution in [2.45, 2.75) is 6.54 Å². The molecule has 1 aromatic heterocycles. The van der Waals surface area contributed by atoms with Crippen molar-refractivity contribution in [1.82, 2.24) is 4.90 Å². The molecule has 0 saturated carbocycles. The van der Waals surface area contributed by atoms with Crippen LogP contribution in [0.2, 0.25) is 0 Å². The lowest BCUT2D eigenvalue weighted by Gasteiger charge is -2.15. The minimum absolute atomic E-state index is 0.101. The predicted molar refractivity (Wildman–Crippen MR) is 106 cm³/mol. The van der Waals surface area contributed by atoms with E-state index in [-0.39, 0.29) is 11.7 Å². The molecule has 1 amide bonds. The maximum absolute atomic E-state index is 13.0. The number of likely N-dealkylation sites (N-methyl/N-ethyl adjacent to an activating group) is 1. The molecule has 3 rings (SSSR count). The van der Waals surface area contributed by atoms with Gasteiger partial charge in [0.15, 0.2) is 0 Å². The molecule has 0 spiro atoms. The number of hydrogen-bond donors (Lipinski definition) is 0. The molecule has 0 fully saturated rings. The number of carbonyl (C=O) groups excluding carboxylic acids is 1. The molecule has 0 aliphatic carbocycles. The molecule has 0 unspecified atom stereocenters. The van der Waals surface area contributed by atoms with E-state index in [2.05, 4.69) is 6.07 Å². The first-order valence-electron chi connectivity index (χ1n) is 8.33. The fraction of sp³-hybridized carbons (Fsp3) is 0.0909. The van der Waals surface area contributed by atoms with Crippen LogP contribution in [0.5, 0.6) is 0 Å². The fourth-order valence-electron chi connectivity index (χ4n) is 2.53. The molecule has 3 aromatic rings. The number of hydrogen-bond acceptors (Lipinski definition) is 3. The summed E-state index contributed by atoms with van der Waals surface area (Å²) in [7, 11) is 1.74. The molecule has 27 heavy (non-hydrogen) atoms. The van der Waals surface area contributed by atoms with Crippen LogP contribution < -0.4 is 0 Å². The van der Waals surface area contributed by atoms with E-state index < -0.39 is 0 Å². The molecule has 0 atom stereocenters. The number of thiophene rings is 1. The molecular weight excluding hydrogens is 359 g/mol. The molecule has 0 saturated heterocycles. The second kappa shape index (κ2) is 8.43. The molecule has 5 heteroatoms. The highest BCUT2D eigenvalue weighted by molar-refractivity contribution is 7.16. The summed E-state index contributed by atoms with van der Waals surface area (Å²) < 4.78 is 13.0. The molecular formula is C22H17FN2OS. The van der Waals surface area contributed by atoms with Gasteiger partial charge in [-0.05, 0) is 53.6 Å². The van der Waals surface area contributed by atoms with Gasteiger partial charge in [0.2, 0.25) is 5.91 Å². The highest BCUT2D eigenvalue weighted by Crippen LogP contribution is 2.29. The first-order chi connectivity index (χ1) is 13.0. The summed E-state index contributed by atoms with van der Waals surface area (Å²) in [4.78, 5) is 15.9. The van der Waals surface area contributed by atoms with Crippen LogP contribution in [0.25, 0.3) is 16.5 Å². The normalized spacial score (nSPS) is 10.7. The summed E-state index contributed by atoms with van der Waals surface area (Å²) in [5.41, 5.74) is 2.51. The van der Waals surface area contributed by atoms with Crippen LogP contribution in [0.1, 0.15) is 16.0 Å². The molecule has 2 aromatic carbocycles. The van der Waals surface area contributed by atoms with Gasteiger partial charge in [-0.1, -0.05) is 24.3 Å². The lowest BCUT2D eigenvalue weighted by atomic mass is 10.1. The number of halogens is 1. The zero-order valence-corrected chi connectivity index (χ0v) is 15.5. The molecule has 3 nitrogen and oxygen atoms in total. The smallest absolute Gasteiger partial charge is 0.246 e. The van der Waals surface area contributed by atoms with Gasteiger partial charge in [-0.15, -0.1) is 11.3 Å². The molecule has 0 bridgehead atoms. The summed E-state index contributed by atoms with van der Waals surface area (Å²) in [5.74, 6) is -0.359. The van der Waals surface area contributed by atoms with Gasteiger partial charge in [-0.2, -0.15) is 5.26 Å². The van der Waals surface area contributed by atoms with Gasteiger partial charge < -0.3 is 4.90 Å². The second-order valence-electron chi connectivity index (χ2n) is 6.05. The Hall–Kier alpha value is -3.23. The van der Waals surface area contributed by atoms with Crippen molar-refractivity contribution in [3.63, 3.8) is 0 Å². The van der Waals surface area contributed by atoms with Gasteiger partial charge in [-0.25, -0.2) is 4.39 Å². The average molecular weight is 376 g/mol. The SMILES string of the molecule is CN(Cc1ccc(C#N)cc1)C(=O)/C=C/c1ccc(-c2ccc(F)cc2)s1. The van der Waals surface area contributed by atoms with E-state index in [1.165, 1.54) is 12.1 Å². The summed E-state index contributed by atoms with van der Waals surface area (Å²) in [6, 6.07) is 19.5. The van der Waals surface area contributed by atoms with Crippen LogP contribution >= 0.6 is 11.3 Å². The van der Waals surface area contributed by atoms with Crippen LogP contribution in [0.15, 0.2) is 66.7 Å². The Kier molecular flexibility index (Phi) is 5.80. The van der Waals surface area contributed by atoms with E-state index in [0.29, 0.717) is 12.1 Å². The molecule has 1 heterocycles. The van der Waals surface area contributed by atoms with Crippen molar-refractivity contribution < 1.29 is 9.18 Å². The van der Waals surface area contributed by atoms with Crippen molar-refractivity contribution in [2.75, 3.05) is 7.05 Å². The molecule has 0 N–H and O–H groups in total. The van der Waals surface area contributed by atoms with Crippen LogP contribution in [-0.2, 0) is 11.3 Å². The third-order valence-electron chi connectivity index (χ3n) is 4.02. The van der Waals surface area contributed by atoms with E-state index in [4.69, 9.17) is 5.26 Å². The first-order valence-corrected chi connectivity index (χ1v) is 9.15. The Morgan fingerprint density at radius 3 is 2.48 bits per heavy atom. The van der Waals surface area contributed by atoms with Gasteiger partial charge in [0, 0.05) is 29.4 Å². The minimum Gasteiger partial charge on any atom is -0.338 e. The summed E-state index contributed by atoms with van der Waals surface area (Å²) in [6.07, 6.45) is 3.33. The van der Waals surface area contributed by atoms with E-state index >= 15 is 0 Å². The summed E-state index contributed by atoms with van der Waals surface area (Å²) in [5, 5.41) is 8.82. The summed E-state index contributed by atoms with van der Waals surface area (Å²) >= 11 is 1.54. The number of benzene rings is 2. The first kappa shape index (κ1) is 18.6. The quantitative estimate of drug-likeness (QED) is 0.582. The standard InChI is InChI=1S/C22H17FN2OS/c1-25(15-17-4-2-16(14-24)3-5-17)22(26)13-11-20-10-12-21(27-20)18-6-8-19(23)9-7-18/h2-13H,15H2,1H3/b13-11+. The number of rotatable bonds is 5. The number of nitrogens with zero attached hydrogens (tertiary/aromatic N) is 2. The van der Waals surface area contributed by atoms with Crippen molar-refractivity contribution >= 4 is 23.3 Å². The van der Waals surface area contributed by atoms with Crippen LogP contribution in [0.3, 0.4) is 0 Å². The van der Waals surface area contributed by atoms with Gasteiger partial charge in [0.05, 0.1) is 11.6 Å². The average Bonchev–Trinajstić information content (AvgIpc) is 3.16. The zero-order chi connectivity index (χ0) is 19.2. The van der Waals surface area contributed by atoms with Crippen molar-refractivity contribution in [3.8, 4) is 16.5 Å². The van der Waals surface area contributed by atoms with E-state index in [0.717, 1.165) is 20.9 Å². The highest BCUT2D eigenvalue weighted by atomic mass is 32.1. The van der Waals surface area contributed by atoms with Crippen LogP contribution in [-0.4, -0.2) is 17.9 Å². The Balaban J connectivity index is 1.62. The second-order valence-corrected chi connectivity index (χ2v) is 7.16. The largest absolute Gasteiger partial charge is 0.338 e. The van der Waals surface area contributed by atoms with Gasteiger partial charge >= 0.3 is 0 Å². The van der Waals surface area contributed by atoms with Gasteiger partial charge in [0.1, 0.15) is 5.82 Å². The molecule has 0 aliphatic rings. The van der Waals surface area contributed by atoms with Gasteiger partial charge in [0.25, 0.3) is 0 Å². The lowest BCUT2D eigenvalue weighted by Crippen LogP contribution is -2.24. The van der Waals surface area contributed by atoms with Gasteiger partial charge in [-0.3, -0.25) is 4.79 Å². The monoisotopic (exact) mass is 376 g/mol. The fourth-order valence-corrected chi connectivity index (χ4v) is 3.44. The van der Waals surface area contributed by atoms with E-state index in [1.54, 1.807) is 59.7 Å². The Morgan fingerprint density at radius 2 is 1.81 bits per heavy atom. The van der Waals surface area contributed by atoms with Crippen molar-refractivity contribution in [2.24, 2.45) is 0 Å². The Labute approximate surface area is 161 Å². The highest BCUT2D eigenvalue weighted by Gasteiger charge is 2.07. The molecule has 0 radical (unpaired) electrons. The minimum atomic E-state index is -0.258. The third-order valence-corrected chi connectivity index (χ3v) is 5.12. The summed E-state index contributed by atoms with van der Waals surface area (Å²) in [6.45, 7) is 0.472. The van der Waals surface area contributed by atoms with Crippen LogP contribution in [0.4, 0.5) is 4.39 Å². The molecule has 0 aliphatic heterocycles. The number of carbonyl (C=O) groups is 1. The number of amides is 1. The predicted octanol–water partition coefficient (Wildman–Crippen LogP) is 5.10. The third kappa shape index (κ3) is 4.90. The van der Waals surface area contributed by atoms with Crippen molar-refractivity contribution in [3.05, 3.63) is 88.6 Å². The van der Waals surface area contributed by atoms with Crippen LogP contribution in [0, 0.1) is 17.1 Å². The zero-order valence-electron chi connectivity index (χ0n) is 14.7. The lowest BCUT2D eigenvalue weighted by molar-refractivity contribution is -0.125. The topological polar surface area (TPSA) is 44.1 Å².